The van der Waals surface area contributed by atoms with Crippen LogP contribution in [0.5, 0.6) is 5.75 Å². The van der Waals surface area contributed by atoms with Crippen LogP contribution < -0.4 is 10.1 Å². The van der Waals surface area contributed by atoms with Gasteiger partial charge in [-0.15, -0.1) is 0 Å². The third-order valence-electron chi connectivity index (χ3n) is 4.79. The topological polar surface area (TPSA) is 67.9 Å². The quantitative estimate of drug-likeness (QED) is 0.890. The Labute approximate surface area is 152 Å². The molecule has 0 atom stereocenters. The standard InChI is InChI=1S/C18H23ClN2O4/c1-2-24-15-4-3-13(11-14(15)19)17(23)21-8-6-18(7-9-21)12-20-16(22)5-10-25-18/h3-4,11H,2,5-10,12H2,1H3,(H,20,22). The summed E-state index contributed by atoms with van der Waals surface area (Å²) in [5.41, 5.74) is 0.207. The van der Waals surface area contributed by atoms with Gasteiger partial charge in [-0.2, -0.15) is 0 Å². The lowest BCUT2D eigenvalue weighted by Crippen LogP contribution is -2.52. The lowest BCUT2D eigenvalue weighted by molar-refractivity contribution is -0.120. The molecule has 0 saturated carbocycles. The summed E-state index contributed by atoms with van der Waals surface area (Å²) in [5, 5.41) is 3.35. The zero-order valence-corrected chi connectivity index (χ0v) is 15.1. The fourth-order valence-electron chi connectivity index (χ4n) is 3.29. The van der Waals surface area contributed by atoms with Crippen molar-refractivity contribution < 1.29 is 19.1 Å². The molecule has 0 aromatic heterocycles. The number of piperidine rings is 1. The number of hydrogen-bond acceptors (Lipinski definition) is 4. The molecule has 2 saturated heterocycles. The minimum atomic E-state index is -0.348. The van der Waals surface area contributed by atoms with Gasteiger partial charge in [0.2, 0.25) is 5.91 Å². The van der Waals surface area contributed by atoms with Gasteiger partial charge in [0, 0.05) is 31.6 Å². The minimum Gasteiger partial charge on any atom is -0.492 e. The summed E-state index contributed by atoms with van der Waals surface area (Å²) < 4.78 is 11.3. The highest BCUT2D eigenvalue weighted by Gasteiger charge is 2.38. The first-order valence-corrected chi connectivity index (χ1v) is 9.03. The van der Waals surface area contributed by atoms with Gasteiger partial charge in [0.05, 0.1) is 23.8 Å². The van der Waals surface area contributed by atoms with Gasteiger partial charge in [0.15, 0.2) is 0 Å². The maximum absolute atomic E-state index is 12.7. The molecule has 7 heteroatoms. The predicted molar refractivity (Wildman–Crippen MR) is 94.1 cm³/mol. The lowest BCUT2D eigenvalue weighted by Gasteiger charge is -2.40. The molecule has 1 N–H and O–H groups in total. The summed E-state index contributed by atoms with van der Waals surface area (Å²) in [7, 11) is 0. The summed E-state index contributed by atoms with van der Waals surface area (Å²) in [6.07, 6.45) is 1.82. The van der Waals surface area contributed by atoms with Crippen LogP contribution in [0.4, 0.5) is 0 Å². The van der Waals surface area contributed by atoms with E-state index in [9.17, 15) is 9.59 Å². The van der Waals surface area contributed by atoms with Gasteiger partial charge in [-0.25, -0.2) is 0 Å². The Morgan fingerprint density at radius 1 is 1.40 bits per heavy atom. The molecule has 25 heavy (non-hydrogen) atoms. The second kappa shape index (κ2) is 7.62. The molecule has 2 aliphatic heterocycles. The molecule has 1 aromatic carbocycles. The molecular weight excluding hydrogens is 344 g/mol. The number of ether oxygens (including phenoxy) is 2. The molecule has 136 valence electrons. The molecule has 1 aromatic rings. The second-order valence-corrected chi connectivity index (χ2v) is 6.84. The highest BCUT2D eigenvalue weighted by molar-refractivity contribution is 6.32. The third kappa shape index (κ3) is 4.07. The van der Waals surface area contributed by atoms with Crippen LogP contribution in [0.2, 0.25) is 5.02 Å². The number of halogens is 1. The number of likely N-dealkylation sites (tertiary alicyclic amines) is 1. The van der Waals surface area contributed by atoms with E-state index in [2.05, 4.69) is 5.32 Å². The zero-order chi connectivity index (χ0) is 17.9. The van der Waals surface area contributed by atoms with Gasteiger partial charge < -0.3 is 19.7 Å². The van der Waals surface area contributed by atoms with Crippen molar-refractivity contribution in [2.45, 2.75) is 31.8 Å². The van der Waals surface area contributed by atoms with Crippen LogP contribution in [0.15, 0.2) is 18.2 Å². The van der Waals surface area contributed by atoms with E-state index in [0.717, 1.165) is 0 Å². The van der Waals surface area contributed by atoms with Crippen molar-refractivity contribution >= 4 is 23.4 Å². The molecule has 6 nitrogen and oxygen atoms in total. The normalized spacial score (nSPS) is 20.1. The summed E-state index contributed by atoms with van der Waals surface area (Å²) in [6, 6.07) is 5.13. The van der Waals surface area contributed by atoms with E-state index in [1.807, 2.05) is 11.8 Å². The maximum atomic E-state index is 12.7. The molecule has 0 unspecified atom stereocenters. The number of rotatable bonds is 3. The third-order valence-corrected chi connectivity index (χ3v) is 5.08. The molecular formula is C18H23ClN2O4. The molecule has 0 aliphatic carbocycles. The monoisotopic (exact) mass is 366 g/mol. The highest BCUT2D eigenvalue weighted by Crippen LogP contribution is 2.30. The number of carbonyl (C=O) groups is 2. The molecule has 1 spiro atoms. The SMILES string of the molecule is CCOc1ccc(C(=O)N2CCC3(CC2)CNC(=O)CCO3)cc1Cl. The average molecular weight is 367 g/mol. The van der Waals surface area contributed by atoms with Crippen molar-refractivity contribution in [3.63, 3.8) is 0 Å². The first-order chi connectivity index (χ1) is 12.0. The number of hydrogen-bond donors (Lipinski definition) is 1. The van der Waals surface area contributed by atoms with E-state index >= 15 is 0 Å². The Morgan fingerprint density at radius 3 is 2.84 bits per heavy atom. The van der Waals surface area contributed by atoms with Crippen LogP contribution in [-0.2, 0) is 9.53 Å². The van der Waals surface area contributed by atoms with Gasteiger partial charge in [0.1, 0.15) is 5.75 Å². The smallest absolute Gasteiger partial charge is 0.253 e. The minimum absolute atomic E-state index is 0.0272. The van der Waals surface area contributed by atoms with Crippen molar-refractivity contribution in [2.24, 2.45) is 0 Å². The Kier molecular flexibility index (Phi) is 5.49. The van der Waals surface area contributed by atoms with Gasteiger partial charge in [-0.3, -0.25) is 9.59 Å². The zero-order valence-electron chi connectivity index (χ0n) is 14.3. The van der Waals surface area contributed by atoms with Gasteiger partial charge >= 0.3 is 0 Å². The summed E-state index contributed by atoms with van der Waals surface area (Å²) in [6.45, 7) is 4.56. The molecule has 2 aliphatic rings. The van der Waals surface area contributed by atoms with Crippen molar-refractivity contribution in [1.29, 1.82) is 0 Å². The van der Waals surface area contributed by atoms with Crippen molar-refractivity contribution in [2.75, 3.05) is 32.8 Å². The van der Waals surface area contributed by atoms with E-state index < -0.39 is 0 Å². The fraction of sp³-hybridized carbons (Fsp3) is 0.556. The van der Waals surface area contributed by atoms with Crippen molar-refractivity contribution in [3.8, 4) is 5.75 Å². The largest absolute Gasteiger partial charge is 0.492 e. The fourth-order valence-corrected chi connectivity index (χ4v) is 3.52. The Hall–Kier alpha value is -1.79. The number of nitrogens with one attached hydrogen (secondary N) is 1. The lowest BCUT2D eigenvalue weighted by atomic mass is 9.90. The molecule has 2 fully saturated rings. The molecule has 3 rings (SSSR count). The van der Waals surface area contributed by atoms with Crippen LogP contribution in [-0.4, -0.2) is 55.2 Å². The predicted octanol–water partition coefficient (Wildman–Crippen LogP) is 2.25. The van der Waals surface area contributed by atoms with Crippen LogP contribution >= 0.6 is 11.6 Å². The number of carbonyl (C=O) groups excluding carboxylic acids is 2. The van der Waals surface area contributed by atoms with Crippen LogP contribution in [0.1, 0.15) is 36.5 Å². The summed E-state index contributed by atoms with van der Waals surface area (Å²) >= 11 is 6.18. The van der Waals surface area contributed by atoms with Gasteiger partial charge in [-0.05, 0) is 38.0 Å². The number of nitrogens with zero attached hydrogens (tertiary/aromatic N) is 1. The summed E-state index contributed by atoms with van der Waals surface area (Å²) in [4.78, 5) is 26.0. The number of benzene rings is 1. The Balaban J connectivity index is 1.63. The molecule has 2 amide bonds. The average Bonchev–Trinajstić information content (AvgIpc) is 2.79. The summed E-state index contributed by atoms with van der Waals surface area (Å²) in [5.74, 6) is 0.567. The van der Waals surface area contributed by atoms with Crippen LogP contribution in [0.3, 0.4) is 0 Å². The van der Waals surface area contributed by atoms with E-state index in [0.29, 0.717) is 68.4 Å². The van der Waals surface area contributed by atoms with Gasteiger partial charge in [0.25, 0.3) is 5.91 Å². The number of amides is 2. The van der Waals surface area contributed by atoms with E-state index in [4.69, 9.17) is 21.1 Å². The molecule has 2 heterocycles. The van der Waals surface area contributed by atoms with Crippen LogP contribution in [0, 0.1) is 0 Å². The van der Waals surface area contributed by atoms with Crippen molar-refractivity contribution in [3.05, 3.63) is 28.8 Å². The van der Waals surface area contributed by atoms with E-state index in [-0.39, 0.29) is 17.4 Å². The van der Waals surface area contributed by atoms with E-state index in [1.54, 1.807) is 18.2 Å². The van der Waals surface area contributed by atoms with Gasteiger partial charge in [-0.1, -0.05) is 11.6 Å². The maximum Gasteiger partial charge on any atom is 0.253 e. The Bertz CT molecular complexity index is 656. The molecule has 0 radical (unpaired) electrons. The molecule has 0 bridgehead atoms. The highest BCUT2D eigenvalue weighted by atomic mass is 35.5. The van der Waals surface area contributed by atoms with E-state index in [1.165, 1.54) is 0 Å². The first-order valence-electron chi connectivity index (χ1n) is 8.65. The van der Waals surface area contributed by atoms with Crippen LogP contribution in [0.25, 0.3) is 0 Å². The van der Waals surface area contributed by atoms with Crippen molar-refractivity contribution in [1.82, 2.24) is 10.2 Å². The second-order valence-electron chi connectivity index (χ2n) is 6.43. The Morgan fingerprint density at radius 2 is 2.16 bits per heavy atom. The first kappa shape index (κ1) is 18.0.